The summed E-state index contributed by atoms with van der Waals surface area (Å²) < 4.78 is 16.0. The number of benzene rings is 1. The number of halogens is 2. The molecule has 148 valence electrons. The number of anilines is 1. The monoisotopic (exact) mass is 414 g/mol. The summed E-state index contributed by atoms with van der Waals surface area (Å²) in [6, 6.07) is 8.23. The van der Waals surface area contributed by atoms with Gasteiger partial charge in [-0.2, -0.15) is 0 Å². The molecular formula is C18H24Cl2N4O3. The van der Waals surface area contributed by atoms with Crippen molar-refractivity contribution in [3.05, 3.63) is 41.3 Å². The van der Waals surface area contributed by atoms with Crippen LogP contribution in [-0.4, -0.2) is 29.9 Å². The van der Waals surface area contributed by atoms with Crippen molar-refractivity contribution in [2.24, 2.45) is 5.73 Å². The van der Waals surface area contributed by atoms with E-state index in [4.69, 9.17) is 19.9 Å². The second-order valence-electron chi connectivity index (χ2n) is 6.50. The Morgan fingerprint density at radius 3 is 2.67 bits per heavy atom. The smallest absolute Gasteiger partial charge is 0.231 e. The van der Waals surface area contributed by atoms with E-state index in [0.717, 1.165) is 41.4 Å². The molecule has 1 saturated carbocycles. The molecule has 7 nitrogen and oxygen atoms in total. The fourth-order valence-corrected chi connectivity index (χ4v) is 3.16. The van der Waals surface area contributed by atoms with Gasteiger partial charge < -0.3 is 25.3 Å². The van der Waals surface area contributed by atoms with Crippen LogP contribution in [-0.2, 0) is 17.9 Å². The van der Waals surface area contributed by atoms with Crippen LogP contribution in [0.3, 0.4) is 0 Å². The van der Waals surface area contributed by atoms with E-state index in [1.807, 2.05) is 24.3 Å². The zero-order chi connectivity index (χ0) is 17.2. The Morgan fingerprint density at radius 2 is 1.93 bits per heavy atom. The highest BCUT2D eigenvalue weighted by atomic mass is 35.5. The number of hydrogen-bond acceptors (Lipinski definition) is 7. The maximum Gasteiger partial charge on any atom is 0.231 e. The first-order valence-corrected chi connectivity index (χ1v) is 8.46. The van der Waals surface area contributed by atoms with Crippen LogP contribution in [0.5, 0.6) is 11.5 Å². The molecular weight excluding hydrogens is 391 g/mol. The van der Waals surface area contributed by atoms with E-state index in [0.29, 0.717) is 24.9 Å². The minimum absolute atomic E-state index is 0. The van der Waals surface area contributed by atoms with E-state index in [9.17, 15) is 0 Å². The molecule has 2 aliphatic rings. The van der Waals surface area contributed by atoms with Gasteiger partial charge in [-0.1, -0.05) is 6.07 Å². The largest absolute Gasteiger partial charge is 0.454 e. The predicted molar refractivity (Wildman–Crippen MR) is 107 cm³/mol. The summed E-state index contributed by atoms with van der Waals surface area (Å²) in [5.74, 6) is 3.48. The summed E-state index contributed by atoms with van der Waals surface area (Å²) in [6.07, 6.45) is 1.95. The van der Waals surface area contributed by atoms with Crippen molar-refractivity contribution in [1.82, 2.24) is 9.97 Å². The molecule has 1 aliphatic heterocycles. The van der Waals surface area contributed by atoms with Crippen molar-refractivity contribution in [2.45, 2.75) is 38.0 Å². The highest BCUT2D eigenvalue weighted by Crippen LogP contribution is 2.35. The number of methoxy groups -OCH3 is 1. The quantitative estimate of drug-likeness (QED) is 0.750. The predicted octanol–water partition coefficient (Wildman–Crippen LogP) is 3.01. The van der Waals surface area contributed by atoms with E-state index < -0.39 is 0 Å². The summed E-state index contributed by atoms with van der Waals surface area (Å²) in [5.41, 5.74) is 8.05. The zero-order valence-corrected chi connectivity index (χ0v) is 16.6. The Bertz CT molecular complexity index is 772. The minimum Gasteiger partial charge on any atom is -0.454 e. The van der Waals surface area contributed by atoms with Crippen molar-refractivity contribution < 1.29 is 14.2 Å². The second-order valence-corrected chi connectivity index (χ2v) is 6.50. The molecule has 27 heavy (non-hydrogen) atoms. The van der Waals surface area contributed by atoms with Crippen molar-refractivity contribution in [3.63, 3.8) is 0 Å². The van der Waals surface area contributed by atoms with Crippen LogP contribution in [0, 0.1) is 0 Å². The fourth-order valence-electron chi connectivity index (χ4n) is 3.16. The number of nitrogens with one attached hydrogen (secondary N) is 1. The van der Waals surface area contributed by atoms with Crippen molar-refractivity contribution in [1.29, 1.82) is 0 Å². The summed E-state index contributed by atoms with van der Waals surface area (Å²) in [7, 11) is 1.65. The van der Waals surface area contributed by atoms with E-state index >= 15 is 0 Å². The average Bonchev–Trinajstić information content (AvgIpc) is 3.05. The lowest BCUT2D eigenvalue weighted by Gasteiger charge is -2.32. The van der Waals surface area contributed by atoms with Crippen LogP contribution in [0.1, 0.15) is 35.8 Å². The van der Waals surface area contributed by atoms with Gasteiger partial charge in [0, 0.05) is 37.4 Å². The SMILES string of the molecule is COCc1nc(NCc2ccc3c(c2)OCO3)cc(C2CC(N)C2)n1.Cl.Cl. The lowest BCUT2D eigenvalue weighted by Crippen LogP contribution is -2.35. The van der Waals surface area contributed by atoms with Crippen molar-refractivity contribution >= 4 is 30.6 Å². The molecule has 0 amide bonds. The second kappa shape index (κ2) is 9.41. The van der Waals surface area contributed by atoms with Gasteiger partial charge in [0.25, 0.3) is 0 Å². The first kappa shape index (κ1) is 21.5. The summed E-state index contributed by atoms with van der Waals surface area (Å²) >= 11 is 0. The zero-order valence-electron chi connectivity index (χ0n) is 15.0. The van der Waals surface area contributed by atoms with E-state index in [1.165, 1.54) is 0 Å². The van der Waals surface area contributed by atoms with Crippen LogP contribution in [0.2, 0.25) is 0 Å². The Labute approximate surface area is 170 Å². The summed E-state index contributed by atoms with van der Waals surface area (Å²) in [6.45, 7) is 1.32. The molecule has 0 radical (unpaired) electrons. The molecule has 0 saturated heterocycles. The number of hydrogen-bond donors (Lipinski definition) is 2. The third-order valence-corrected chi connectivity index (χ3v) is 4.57. The summed E-state index contributed by atoms with van der Waals surface area (Å²) in [4.78, 5) is 9.15. The normalized spacial score (nSPS) is 19.5. The van der Waals surface area contributed by atoms with Gasteiger partial charge in [0.05, 0.1) is 0 Å². The van der Waals surface area contributed by atoms with Gasteiger partial charge in [-0.05, 0) is 30.5 Å². The lowest BCUT2D eigenvalue weighted by molar-refractivity contribution is 0.174. The van der Waals surface area contributed by atoms with E-state index in [1.54, 1.807) is 7.11 Å². The van der Waals surface area contributed by atoms with Gasteiger partial charge in [-0.15, -0.1) is 24.8 Å². The van der Waals surface area contributed by atoms with E-state index in [2.05, 4.69) is 15.3 Å². The standard InChI is InChI=1S/C18H22N4O3.2ClH/c1-23-9-18-21-14(12-5-13(19)6-12)7-17(22-18)20-8-11-2-3-15-16(4-11)25-10-24-15;;/h2-4,7,12-13H,5-6,8-10,19H2,1H3,(H,20,21,22);2*1H. The van der Waals surface area contributed by atoms with Crippen molar-refractivity contribution in [2.75, 3.05) is 19.2 Å². The molecule has 1 aliphatic carbocycles. The molecule has 0 bridgehead atoms. The maximum atomic E-state index is 5.91. The van der Waals surface area contributed by atoms with Gasteiger partial charge in [0.15, 0.2) is 17.3 Å². The number of nitrogens with zero attached hydrogens (tertiary/aromatic N) is 2. The Balaban J connectivity index is 0.00000131. The molecule has 0 atom stereocenters. The van der Waals surface area contributed by atoms with E-state index in [-0.39, 0.29) is 37.6 Å². The molecule has 4 rings (SSSR count). The molecule has 1 aromatic heterocycles. The third kappa shape index (κ3) is 4.93. The number of aromatic nitrogens is 2. The molecule has 0 unspecified atom stereocenters. The Kier molecular flexibility index (Phi) is 7.49. The molecule has 9 heteroatoms. The minimum atomic E-state index is 0. The van der Waals surface area contributed by atoms with Crippen LogP contribution in [0.25, 0.3) is 0 Å². The van der Waals surface area contributed by atoms with Crippen LogP contribution in [0.15, 0.2) is 24.3 Å². The Morgan fingerprint density at radius 1 is 1.15 bits per heavy atom. The van der Waals surface area contributed by atoms with Crippen LogP contribution < -0.4 is 20.5 Å². The number of ether oxygens (including phenoxy) is 3. The molecule has 2 aromatic rings. The van der Waals surface area contributed by atoms with Gasteiger partial charge in [-0.25, -0.2) is 9.97 Å². The number of fused-ring (bicyclic) bond motifs is 1. The van der Waals surface area contributed by atoms with Gasteiger partial charge in [0.1, 0.15) is 12.4 Å². The maximum absolute atomic E-state index is 5.91. The van der Waals surface area contributed by atoms with Gasteiger partial charge in [0.2, 0.25) is 6.79 Å². The number of rotatable bonds is 6. The van der Waals surface area contributed by atoms with Gasteiger partial charge in [-0.3, -0.25) is 0 Å². The van der Waals surface area contributed by atoms with Gasteiger partial charge >= 0.3 is 0 Å². The topological polar surface area (TPSA) is 91.5 Å². The molecule has 0 spiro atoms. The first-order chi connectivity index (χ1) is 12.2. The molecule has 2 heterocycles. The lowest BCUT2D eigenvalue weighted by atomic mass is 9.78. The van der Waals surface area contributed by atoms with Crippen LogP contribution >= 0.6 is 24.8 Å². The fraction of sp³-hybridized carbons (Fsp3) is 0.444. The first-order valence-electron chi connectivity index (χ1n) is 8.46. The highest BCUT2D eigenvalue weighted by Gasteiger charge is 2.29. The molecule has 3 N–H and O–H groups in total. The van der Waals surface area contributed by atoms with Crippen molar-refractivity contribution in [3.8, 4) is 11.5 Å². The molecule has 1 aromatic carbocycles. The summed E-state index contributed by atoms with van der Waals surface area (Å²) in [5, 5.41) is 3.37. The average molecular weight is 415 g/mol. The third-order valence-electron chi connectivity index (χ3n) is 4.57. The molecule has 1 fully saturated rings. The van der Waals surface area contributed by atoms with Crippen LogP contribution in [0.4, 0.5) is 5.82 Å². The Hall–Kier alpha value is -1.80. The highest BCUT2D eigenvalue weighted by molar-refractivity contribution is 5.85. The number of nitrogens with two attached hydrogens (primary N) is 1.